The molecule has 0 spiro atoms. The van der Waals surface area contributed by atoms with E-state index < -0.39 is 5.41 Å². The molecule has 7 heteroatoms. The Balaban J connectivity index is 2.06. The maximum absolute atomic E-state index is 11.9. The van der Waals surface area contributed by atoms with E-state index in [4.69, 9.17) is 0 Å². The lowest BCUT2D eigenvalue weighted by atomic mass is 10.1. The van der Waals surface area contributed by atoms with Gasteiger partial charge in [-0.3, -0.25) is 10.1 Å². The van der Waals surface area contributed by atoms with Gasteiger partial charge < -0.3 is 0 Å². The van der Waals surface area contributed by atoms with Crippen LogP contribution in [0.25, 0.3) is 0 Å². The molecule has 1 atom stereocenters. The predicted octanol–water partition coefficient (Wildman–Crippen LogP) is 2.68. The summed E-state index contributed by atoms with van der Waals surface area (Å²) in [6.07, 6.45) is 0.767. The van der Waals surface area contributed by atoms with Crippen molar-refractivity contribution in [2.24, 2.45) is 5.41 Å². The number of nitrogens with zero attached hydrogens (tertiary/aromatic N) is 2. The fourth-order valence-corrected chi connectivity index (χ4v) is 3.30. The quantitative estimate of drug-likeness (QED) is 0.830. The van der Waals surface area contributed by atoms with Gasteiger partial charge in [-0.2, -0.15) is 0 Å². The minimum Gasteiger partial charge on any atom is -0.300 e. The van der Waals surface area contributed by atoms with E-state index in [1.807, 2.05) is 13.8 Å². The van der Waals surface area contributed by atoms with Crippen molar-refractivity contribution >= 4 is 54.2 Å². The fourth-order valence-electron chi connectivity index (χ4n) is 1.23. The lowest BCUT2D eigenvalue weighted by Crippen LogP contribution is -2.25. The molecule has 1 saturated carbocycles. The molecule has 0 aromatic carbocycles. The molecule has 1 aromatic rings. The van der Waals surface area contributed by atoms with E-state index in [0.717, 1.165) is 11.4 Å². The van der Waals surface area contributed by atoms with E-state index in [-0.39, 0.29) is 9.14 Å². The highest BCUT2D eigenvalue weighted by molar-refractivity contribution is 9.25. The molecule has 1 fully saturated rings. The first-order valence-corrected chi connectivity index (χ1v) is 6.75. The van der Waals surface area contributed by atoms with Crippen molar-refractivity contribution < 1.29 is 4.79 Å². The lowest BCUT2D eigenvalue weighted by molar-refractivity contribution is -0.120. The monoisotopic (exact) mass is 353 g/mol. The van der Waals surface area contributed by atoms with Gasteiger partial charge in [0.2, 0.25) is 11.0 Å². The van der Waals surface area contributed by atoms with Crippen LogP contribution < -0.4 is 5.32 Å². The van der Waals surface area contributed by atoms with Gasteiger partial charge in [0.15, 0.2) is 0 Å². The summed E-state index contributed by atoms with van der Waals surface area (Å²) in [5, 5.41) is 11.9. The van der Waals surface area contributed by atoms with E-state index in [1.165, 1.54) is 11.3 Å². The standard InChI is InChI=1S/C8H9Br2N3OS/c1-4-12-13-6(15-4)11-5(14)7(2)3-8(7,9)10/h3H2,1-2H3,(H,11,13,14)/t7-/m0/s1. The number of halogens is 2. The predicted molar refractivity (Wildman–Crippen MR) is 66.6 cm³/mol. The van der Waals surface area contributed by atoms with Gasteiger partial charge in [-0.05, 0) is 20.3 Å². The molecule has 1 aliphatic rings. The summed E-state index contributed by atoms with van der Waals surface area (Å²) in [6, 6.07) is 0. The molecule has 0 unspecified atom stereocenters. The molecule has 1 amide bonds. The molecule has 0 bridgehead atoms. The number of alkyl halides is 2. The smallest absolute Gasteiger partial charge is 0.234 e. The Morgan fingerprint density at radius 2 is 2.13 bits per heavy atom. The summed E-state index contributed by atoms with van der Waals surface area (Å²) in [6.45, 7) is 3.76. The van der Waals surface area contributed by atoms with Crippen molar-refractivity contribution in [2.45, 2.75) is 23.5 Å². The summed E-state index contributed by atoms with van der Waals surface area (Å²) in [7, 11) is 0. The number of aromatic nitrogens is 2. The Hall–Kier alpha value is -0.0100. The number of rotatable bonds is 2. The molecule has 15 heavy (non-hydrogen) atoms. The molecular weight excluding hydrogens is 346 g/mol. The Labute approximate surface area is 108 Å². The topological polar surface area (TPSA) is 54.9 Å². The molecule has 4 nitrogen and oxygen atoms in total. The summed E-state index contributed by atoms with van der Waals surface area (Å²) < 4.78 is -0.267. The fraction of sp³-hybridized carbons (Fsp3) is 0.625. The average molecular weight is 355 g/mol. The maximum atomic E-state index is 11.9. The van der Waals surface area contributed by atoms with Crippen LogP contribution in [-0.2, 0) is 4.79 Å². The number of amides is 1. The summed E-state index contributed by atoms with van der Waals surface area (Å²) in [4.78, 5) is 11.9. The second kappa shape index (κ2) is 3.49. The minimum atomic E-state index is -0.410. The minimum absolute atomic E-state index is 0.0348. The van der Waals surface area contributed by atoms with E-state index in [0.29, 0.717) is 5.13 Å². The Bertz CT molecular complexity index is 420. The zero-order valence-electron chi connectivity index (χ0n) is 8.17. The second-order valence-corrected chi connectivity index (χ2v) is 8.75. The molecule has 82 valence electrons. The van der Waals surface area contributed by atoms with Crippen molar-refractivity contribution in [2.75, 3.05) is 5.32 Å². The molecular formula is C8H9Br2N3OS. The van der Waals surface area contributed by atoms with Gasteiger partial charge in [0, 0.05) is 0 Å². The van der Waals surface area contributed by atoms with E-state index >= 15 is 0 Å². The molecule has 0 saturated heterocycles. The van der Waals surface area contributed by atoms with Gasteiger partial charge >= 0.3 is 0 Å². The van der Waals surface area contributed by atoms with Crippen molar-refractivity contribution in [3.63, 3.8) is 0 Å². The Kier molecular flexibility index (Phi) is 2.67. The van der Waals surface area contributed by atoms with Crippen LogP contribution in [0.5, 0.6) is 0 Å². The largest absolute Gasteiger partial charge is 0.300 e. The third-order valence-electron chi connectivity index (χ3n) is 2.51. The molecule has 0 aliphatic heterocycles. The van der Waals surface area contributed by atoms with Crippen molar-refractivity contribution in [1.29, 1.82) is 0 Å². The summed E-state index contributed by atoms with van der Waals surface area (Å²) in [5.74, 6) is -0.0348. The molecule has 1 heterocycles. The third kappa shape index (κ3) is 1.97. The number of aryl methyl sites for hydroxylation is 1. The third-order valence-corrected chi connectivity index (χ3v) is 5.57. The van der Waals surface area contributed by atoms with Gasteiger partial charge in [0.05, 0.1) is 8.65 Å². The maximum Gasteiger partial charge on any atom is 0.234 e. The van der Waals surface area contributed by atoms with Gasteiger partial charge in [-0.1, -0.05) is 43.2 Å². The molecule has 2 rings (SSSR count). The normalized spacial score (nSPS) is 27.5. The van der Waals surface area contributed by atoms with Crippen molar-refractivity contribution in [3.8, 4) is 0 Å². The van der Waals surface area contributed by atoms with Crippen molar-refractivity contribution in [1.82, 2.24) is 10.2 Å². The van der Waals surface area contributed by atoms with Crippen LogP contribution in [-0.4, -0.2) is 19.3 Å². The Morgan fingerprint density at radius 1 is 1.53 bits per heavy atom. The summed E-state index contributed by atoms with van der Waals surface area (Å²) >= 11 is 8.28. The molecule has 1 aliphatic carbocycles. The number of anilines is 1. The van der Waals surface area contributed by atoms with E-state index in [9.17, 15) is 4.79 Å². The van der Waals surface area contributed by atoms with Crippen molar-refractivity contribution in [3.05, 3.63) is 5.01 Å². The van der Waals surface area contributed by atoms with Gasteiger partial charge in [-0.15, -0.1) is 10.2 Å². The number of hydrogen-bond acceptors (Lipinski definition) is 4. The van der Waals surface area contributed by atoms with Crippen LogP contribution in [0.1, 0.15) is 18.4 Å². The average Bonchev–Trinajstić information content (AvgIpc) is 2.47. The van der Waals surface area contributed by atoms with Gasteiger partial charge in [0.1, 0.15) is 5.01 Å². The highest BCUT2D eigenvalue weighted by Gasteiger charge is 2.66. The number of carbonyl (C=O) groups excluding carboxylic acids is 1. The molecule has 0 radical (unpaired) electrons. The molecule has 1 N–H and O–H groups in total. The molecule has 1 aromatic heterocycles. The van der Waals surface area contributed by atoms with Crippen LogP contribution in [0, 0.1) is 12.3 Å². The van der Waals surface area contributed by atoms with Crippen LogP contribution in [0.2, 0.25) is 0 Å². The first-order chi connectivity index (χ1) is 6.85. The first kappa shape index (κ1) is 11.5. The number of hydrogen-bond donors (Lipinski definition) is 1. The SMILES string of the molecule is Cc1nnc(NC(=O)[C@]2(C)CC2(Br)Br)s1. The lowest BCUT2D eigenvalue weighted by Gasteiger charge is -2.10. The zero-order chi connectivity index (χ0) is 11.3. The highest BCUT2D eigenvalue weighted by atomic mass is 79.9. The van der Waals surface area contributed by atoms with Crippen LogP contribution in [0.3, 0.4) is 0 Å². The highest BCUT2D eigenvalue weighted by Crippen LogP contribution is 2.66. The van der Waals surface area contributed by atoms with Gasteiger partial charge in [0.25, 0.3) is 0 Å². The zero-order valence-corrected chi connectivity index (χ0v) is 12.2. The first-order valence-electron chi connectivity index (χ1n) is 4.34. The number of nitrogens with one attached hydrogen (secondary N) is 1. The van der Waals surface area contributed by atoms with Crippen LogP contribution in [0.15, 0.2) is 0 Å². The summed E-state index contributed by atoms with van der Waals surface area (Å²) in [5.41, 5.74) is -0.410. The van der Waals surface area contributed by atoms with E-state index in [2.05, 4.69) is 47.4 Å². The Morgan fingerprint density at radius 3 is 2.53 bits per heavy atom. The van der Waals surface area contributed by atoms with Crippen LogP contribution in [0.4, 0.5) is 5.13 Å². The van der Waals surface area contributed by atoms with Crippen LogP contribution >= 0.6 is 43.2 Å². The van der Waals surface area contributed by atoms with Gasteiger partial charge in [-0.25, -0.2) is 0 Å². The van der Waals surface area contributed by atoms with E-state index in [1.54, 1.807) is 0 Å². The second-order valence-electron chi connectivity index (χ2n) is 3.79. The number of carbonyl (C=O) groups is 1.